The number of amides is 1. The number of hydrogen-bond acceptors (Lipinski definition) is 2. The summed E-state index contributed by atoms with van der Waals surface area (Å²) in [7, 11) is 0. The van der Waals surface area contributed by atoms with Crippen LogP contribution in [-0.4, -0.2) is 33.2 Å². The fourth-order valence-corrected chi connectivity index (χ4v) is 3.22. The molecule has 0 aliphatic rings. The van der Waals surface area contributed by atoms with Gasteiger partial charge in [0.1, 0.15) is 0 Å². The first kappa shape index (κ1) is 20.2. The Kier molecular flexibility index (Phi) is 7.04. The van der Waals surface area contributed by atoms with Crippen molar-refractivity contribution < 1.29 is 9.59 Å². The molecule has 0 saturated heterocycles. The molecule has 2 unspecified atom stereocenters. The molecule has 26 heavy (non-hydrogen) atoms. The summed E-state index contributed by atoms with van der Waals surface area (Å²) in [4.78, 5) is 27.6. The van der Waals surface area contributed by atoms with Gasteiger partial charge in [0.25, 0.3) is 11.7 Å². The molecular weight excluding hydrogens is 348 g/mol. The highest BCUT2D eigenvalue weighted by molar-refractivity contribution is 6.42. The van der Waals surface area contributed by atoms with Crippen molar-refractivity contribution in [1.82, 2.24) is 9.47 Å². The summed E-state index contributed by atoms with van der Waals surface area (Å²) in [5.41, 5.74) is 1.30. The normalized spacial score (nSPS) is 13.3. The van der Waals surface area contributed by atoms with Crippen molar-refractivity contribution >= 4 is 23.3 Å². The maximum Gasteiger partial charge on any atom is 0.297 e. The second-order valence-corrected chi connectivity index (χ2v) is 7.08. The molecule has 4 nitrogen and oxygen atoms in total. The Hall–Kier alpha value is -2.07. The van der Waals surface area contributed by atoms with Gasteiger partial charge in [0.05, 0.1) is 5.69 Å². The highest BCUT2D eigenvalue weighted by Crippen LogP contribution is 2.19. The van der Waals surface area contributed by atoms with Crippen LogP contribution in [0, 0.1) is 0 Å². The van der Waals surface area contributed by atoms with Crippen molar-refractivity contribution in [2.45, 2.75) is 59.2 Å². The van der Waals surface area contributed by atoms with E-state index in [0.717, 1.165) is 18.4 Å². The third kappa shape index (κ3) is 4.36. The zero-order chi connectivity index (χ0) is 19.3. The molecule has 0 aliphatic carbocycles. The highest BCUT2D eigenvalue weighted by Gasteiger charge is 2.30. The molecule has 2 rings (SSSR count). The highest BCUT2D eigenvalue weighted by atomic mass is 35.5. The molecule has 5 heteroatoms. The number of hydrogen-bond donors (Lipinski definition) is 0. The summed E-state index contributed by atoms with van der Waals surface area (Å²) in [5, 5.41) is 0.645. The van der Waals surface area contributed by atoms with Crippen molar-refractivity contribution in [3.05, 3.63) is 58.9 Å². The van der Waals surface area contributed by atoms with Crippen molar-refractivity contribution in [2.75, 3.05) is 0 Å². The largest absolute Gasteiger partial charge is 0.340 e. The van der Waals surface area contributed by atoms with Crippen molar-refractivity contribution in [3.8, 4) is 0 Å². The molecule has 1 aromatic heterocycles. The maximum atomic E-state index is 13.0. The zero-order valence-electron chi connectivity index (χ0n) is 15.9. The molecule has 0 spiro atoms. The molecule has 0 bridgehead atoms. The average Bonchev–Trinajstić information content (AvgIpc) is 3.10. The summed E-state index contributed by atoms with van der Waals surface area (Å²) in [6.45, 7) is 8.48. The van der Waals surface area contributed by atoms with Crippen LogP contribution in [-0.2, 0) is 11.3 Å². The zero-order valence-corrected chi connectivity index (χ0v) is 16.7. The average molecular weight is 375 g/mol. The quantitative estimate of drug-likeness (QED) is 0.492. The van der Waals surface area contributed by atoms with E-state index in [1.165, 1.54) is 0 Å². The summed E-state index contributed by atoms with van der Waals surface area (Å²) in [6.07, 6.45) is 3.43. The lowest BCUT2D eigenvalue weighted by molar-refractivity contribution is -0.130. The van der Waals surface area contributed by atoms with Crippen LogP contribution in [0.4, 0.5) is 0 Å². The summed E-state index contributed by atoms with van der Waals surface area (Å²) in [5.74, 6) is -0.907. The number of nitrogens with zero attached hydrogens (tertiary/aromatic N) is 2. The minimum atomic E-state index is -0.470. The van der Waals surface area contributed by atoms with Gasteiger partial charge in [0, 0.05) is 29.8 Å². The van der Waals surface area contributed by atoms with E-state index in [2.05, 4.69) is 0 Å². The number of carbonyl (C=O) groups is 2. The second kappa shape index (κ2) is 9.04. The van der Waals surface area contributed by atoms with E-state index in [1.54, 1.807) is 27.8 Å². The molecule has 0 aliphatic heterocycles. The van der Waals surface area contributed by atoms with Gasteiger partial charge in [0.2, 0.25) is 0 Å². The Labute approximate surface area is 160 Å². The van der Waals surface area contributed by atoms with E-state index in [9.17, 15) is 9.59 Å². The van der Waals surface area contributed by atoms with Crippen LogP contribution in [0.2, 0.25) is 5.02 Å². The minimum absolute atomic E-state index is 0.0216. The Balaban J connectivity index is 2.28. The van der Waals surface area contributed by atoms with E-state index in [1.807, 2.05) is 52.0 Å². The van der Waals surface area contributed by atoms with Crippen molar-refractivity contribution in [2.24, 2.45) is 0 Å². The van der Waals surface area contributed by atoms with Crippen LogP contribution >= 0.6 is 11.6 Å². The SMILES string of the molecule is CCC(C)N(C(=O)C(=O)c1cccn1Cc1ccccc1Cl)C(C)CC. The first-order valence-corrected chi connectivity index (χ1v) is 9.53. The van der Waals surface area contributed by atoms with E-state index in [-0.39, 0.29) is 12.1 Å². The molecule has 0 N–H and O–H groups in total. The number of carbonyl (C=O) groups excluding carboxylic acids is 2. The van der Waals surface area contributed by atoms with E-state index in [0.29, 0.717) is 17.3 Å². The maximum absolute atomic E-state index is 13.0. The van der Waals surface area contributed by atoms with Gasteiger partial charge >= 0.3 is 0 Å². The lowest BCUT2D eigenvalue weighted by Gasteiger charge is -2.33. The smallest absolute Gasteiger partial charge is 0.297 e. The third-order valence-electron chi connectivity index (χ3n) is 4.92. The molecule has 1 amide bonds. The first-order valence-electron chi connectivity index (χ1n) is 9.16. The third-order valence-corrected chi connectivity index (χ3v) is 5.29. The standard InChI is InChI=1S/C21H27ClN2O2/c1-5-15(3)24(16(4)6-2)21(26)20(25)19-12-9-13-23(19)14-17-10-7-8-11-18(17)22/h7-13,15-16H,5-6,14H2,1-4H3. The topological polar surface area (TPSA) is 42.3 Å². The molecule has 0 saturated carbocycles. The Morgan fingerprint density at radius 1 is 1.04 bits per heavy atom. The molecule has 0 fully saturated rings. The molecule has 1 aromatic carbocycles. The Morgan fingerprint density at radius 3 is 2.23 bits per heavy atom. The second-order valence-electron chi connectivity index (χ2n) is 6.67. The number of rotatable bonds is 8. The Morgan fingerprint density at radius 2 is 1.65 bits per heavy atom. The van der Waals surface area contributed by atoms with Crippen LogP contribution in [0.15, 0.2) is 42.6 Å². The van der Waals surface area contributed by atoms with Crippen LogP contribution in [0.5, 0.6) is 0 Å². The number of aromatic nitrogens is 1. The van der Waals surface area contributed by atoms with Gasteiger partial charge in [-0.1, -0.05) is 43.6 Å². The predicted molar refractivity (Wildman–Crippen MR) is 106 cm³/mol. The molecule has 0 radical (unpaired) electrons. The molecule has 1 heterocycles. The monoisotopic (exact) mass is 374 g/mol. The van der Waals surface area contributed by atoms with Gasteiger partial charge in [-0.25, -0.2) is 0 Å². The number of Topliss-reactive ketones (excluding diaryl/α,β-unsaturated/α-hetero) is 1. The van der Waals surface area contributed by atoms with Gasteiger partial charge in [-0.05, 0) is 50.5 Å². The van der Waals surface area contributed by atoms with Crippen LogP contribution < -0.4 is 0 Å². The van der Waals surface area contributed by atoms with Gasteiger partial charge in [-0.15, -0.1) is 0 Å². The number of benzene rings is 1. The lowest BCUT2D eigenvalue weighted by Crippen LogP contribution is -2.47. The van der Waals surface area contributed by atoms with Crippen LogP contribution in [0.1, 0.15) is 56.6 Å². The number of halogens is 1. The van der Waals surface area contributed by atoms with Gasteiger partial charge < -0.3 is 9.47 Å². The summed E-state index contributed by atoms with van der Waals surface area (Å²) in [6, 6.07) is 11.0. The van der Waals surface area contributed by atoms with E-state index < -0.39 is 11.7 Å². The fraction of sp³-hybridized carbons (Fsp3) is 0.429. The molecule has 140 valence electrons. The first-order chi connectivity index (χ1) is 12.4. The predicted octanol–water partition coefficient (Wildman–Crippen LogP) is 4.80. The summed E-state index contributed by atoms with van der Waals surface area (Å²) >= 11 is 6.23. The van der Waals surface area contributed by atoms with E-state index in [4.69, 9.17) is 11.6 Å². The Bertz CT molecular complexity index is 759. The number of ketones is 1. The van der Waals surface area contributed by atoms with Gasteiger partial charge in [-0.3, -0.25) is 9.59 Å². The molecular formula is C21H27ClN2O2. The fourth-order valence-electron chi connectivity index (χ4n) is 3.02. The van der Waals surface area contributed by atoms with E-state index >= 15 is 0 Å². The van der Waals surface area contributed by atoms with Crippen molar-refractivity contribution in [3.63, 3.8) is 0 Å². The van der Waals surface area contributed by atoms with Gasteiger partial charge in [0.15, 0.2) is 0 Å². The molecule has 2 atom stereocenters. The van der Waals surface area contributed by atoms with Gasteiger partial charge in [-0.2, -0.15) is 0 Å². The van der Waals surface area contributed by atoms with Crippen LogP contribution in [0.25, 0.3) is 0 Å². The lowest BCUT2D eigenvalue weighted by atomic mass is 10.1. The summed E-state index contributed by atoms with van der Waals surface area (Å²) < 4.78 is 1.78. The molecule has 2 aromatic rings. The van der Waals surface area contributed by atoms with Crippen LogP contribution in [0.3, 0.4) is 0 Å². The van der Waals surface area contributed by atoms with Crippen molar-refractivity contribution in [1.29, 1.82) is 0 Å². The minimum Gasteiger partial charge on any atom is -0.340 e.